The van der Waals surface area contributed by atoms with Crippen LogP contribution in [-0.2, 0) is 5.54 Å². The van der Waals surface area contributed by atoms with Crippen LogP contribution in [0.5, 0.6) is 0 Å². The van der Waals surface area contributed by atoms with Gasteiger partial charge in [0.25, 0.3) is 0 Å². The number of piperidine rings is 1. The van der Waals surface area contributed by atoms with Crippen LogP contribution in [0.15, 0.2) is 24.3 Å². The van der Waals surface area contributed by atoms with E-state index in [1.54, 1.807) is 0 Å². The molecule has 0 spiro atoms. The lowest BCUT2D eigenvalue weighted by atomic mass is 9.85. The summed E-state index contributed by atoms with van der Waals surface area (Å²) in [6.45, 7) is 4.06. The molecule has 1 aromatic rings. The lowest BCUT2D eigenvalue weighted by Crippen LogP contribution is -2.47. The Kier molecular flexibility index (Phi) is 4.27. The third-order valence-electron chi connectivity index (χ3n) is 3.91. The molecule has 1 unspecified atom stereocenters. The summed E-state index contributed by atoms with van der Waals surface area (Å²) in [4.78, 5) is 2.30. The molecule has 1 heterocycles. The fraction of sp³-hybridized carbons (Fsp3) is 0.533. The Morgan fingerprint density at radius 1 is 1.28 bits per heavy atom. The Hall–Kier alpha value is -1.04. The largest absolute Gasteiger partial charge is 0.282 e. The molecule has 0 aromatic heterocycles. The highest BCUT2D eigenvalue weighted by Crippen LogP contribution is 2.37. The monoisotopic (exact) mass is 262 g/mol. The molecule has 2 rings (SSSR count). The summed E-state index contributed by atoms with van der Waals surface area (Å²) in [7, 11) is 0. The van der Waals surface area contributed by atoms with Gasteiger partial charge >= 0.3 is 0 Å². The van der Waals surface area contributed by atoms with Crippen molar-refractivity contribution in [2.45, 2.75) is 38.1 Å². The van der Waals surface area contributed by atoms with Gasteiger partial charge in [0, 0.05) is 10.6 Å². The highest BCUT2D eigenvalue weighted by atomic mass is 35.5. The summed E-state index contributed by atoms with van der Waals surface area (Å²) >= 11 is 6.31. The third kappa shape index (κ3) is 2.25. The number of hydrogen-bond donors (Lipinski definition) is 0. The first kappa shape index (κ1) is 13.4. The first-order valence-corrected chi connectivity index (χ1v) is 7.03. The van der Waals surface area contributed by atoms with Crippen molar-refractivity contribution < 1.29 is 0 Å². The van der Waals surface area contributed by atoms with Crippen molar-refractivity contribution in [2.75, 3.05) is 13.1 Å². The van der Waals surface area contributed by atoms with Gasteiger partial charge in [-0.2, -0.15) is 5.26 Å². The van der Waals surface area contributed by atoms with Crippen LogP contribution in [0.1, 0.15) is 38.2 Å². The molecule has 96 valence electrons. The van der Waals surface area contributed by atoms with Gasteiger partial charge < -0.3 is 0 Å². The molecule has 0 saturated carbocycles. The van der Waals surface area contributed by atoms with E-state index in [1.807, 2.05) is 24.3 Å². The normalized spacial score (nSPS) is 20.1. The van der Waals surface area contributed by atoms with Crippen molar-refractivity contribution in [3.8, 4) is 6.07 Å². The van der Waals surface area contributed by atoms with E-state index in [9.17, 15) is 5.26 Å². The molecule has 1 fully saturated rings. The Labute approximate surface area is 114 Å². The maximum absolute atomic E-state index is 9.76. The second kappa shape index (κ2) is 5.73. The van der Waals surface area contributed by atoms with E-state index >= 15 is 0 Å². The maximum Gasteiger partial charge on any atom is 0.135 e. The summed E-state index contributed by atoms with van der Waals surface area (Å²) in [5.41, 5.74) is 0.400. The van der Waals surface area contributed by atoms with Gasteiger partial charge in [0.15, 0.2) is 0 Å². The molecular formula is C15H19ClN2. The number of hydrogen-bond acceptors (Lipinski definition) is 2. The van der Waals surface area contributed by atoms with Crippen molar-refractivity contribution in [3.63, 3.8) is 0 Å². The first-order chi connectivity index (χ1) is 8.74. The second-order valence-electron chi connectivity index (χ2n) is 4.85. The zero-order valence-electron chi connectivity index (χ0n) is 10.8. The van der Waals surface area contributed by atoms with Gasteiger partial charge in [-0.15, -0.1) is 0 Å². The van der Waals surface area contributed by atoms with Crippen LogP contribution in [0.2, 0.25) is 5.02 Å². The van der Waals surface area contributed by atoms with Crippen molar-refractivity contribution in [3.05, 3.63) is 34.9 Å². The molecule has 0 aliphatic carbocycles. The SMILES string of the molecule is CCC(C#N)(c1ccccc1Cl)N1CCCCC1. The summed E-state index contributed by atoms with van der Waals surface area (Å²) < 4.78 is 0. The predicted octanol–water partition coefficient (Wildman–Crippen LogP) is 3.95. The highest BCUT2D eigenvalue weighted by Gasteiger charge is 2.39. The molecule has 1 aliphatic heterocycles. The quantitative estimate of drug-likeness (QED) is 0.825. The zero-order valence-corrected chi connectivity index (χ0v) is 11.6. The van der Waals surface area contributed by atoms with Crippen LogP contribution in [0, 0.1) is 11.3 Å². The van der Waals surface area contributed by atoms with Gasteiger partial charge in [-0.25, -0.2) is 0 Å². The Balaban J connectivity index is 2.43. The minimum absolute atomic E-state index is 0.557. The second-order valence-corrected chi connectivity index (χ2v) is 5.26. The van der Waals surface area contributed by atoms with Gasteiger partial charge in [0.1, 0.15) is 5.54 Å². The van der Waals surface area contributed by atoms with Crippen molar-refractivity contribution in [1.29, 1.82) is 5.26 Å². The van der Waals surface area contributed by atoms with Gasteiger partial charge in [0.05, 0.1) is 6.07 Å². The average Bonchev–Trinajstić information content (AvgIpc) is 2.44. The predicted molar refractivity (Wildman–Crippen MR) is 74.5 cm³/mol. The molecular weight excluding hydrogens is 244 g/mol. The summed E-state index contributed by atoms with van der Waals surface area (Å²) in [5, 5.41) is 10.5. The molecule has 1 saturated heterocycles. The molecule has 1 aliphatic rings. The van der Waals surface area contributed by atoms with E-state index in [0.29, 0.717) is 5.02 Å². The number of rotatable bonds is 3. The molecule has 2 nitrogen and oxygen atoms in total. The topological polar surface area (TPSA) is 27.0 Å². The van der Waals surface area contributed by atoms with Crippen LogP contribution < -0.4 is 0 Å². The molecule has 3 heteroatoms. The molecule has 1 aromatic carbocycles. The van der Waals surface area contributed by atoms with E-state index < -0.39 is 5.54 Å². The van der Waals surface area contributed by atoms with Crippen molar-refractivity contribution in [2.24, 2.45) is 0 Å². The summed E-state index contributed by atoms with van der Waals surface area (Å²) in [6, 6.07) is 10.3. The standard InChI is InChI=1S/C15H19ClN2/c1-2-15(12-17,18-10-6-3-7-11-18)13-8-4-5-9-14(13)16/h4-5,8-9H,2-3,6-7,10-11H2,1H3. The highest BCUT2D eigenvalue weighted by molar-refractivity contribution is 6.31. The van der Waals surface area contributed by atoms with Crippen molar-refractivity contribution >= 4 is 11.6 Å². The molecule has 0 radical (unpaired) electrons. The van der Waals surface area contributed by atoms with Crippen LogP contribution in [-0.4, -0.2) is 18.0 Å². The number of nitrogens with zero attached hydrogens (tertiary/aromatic N) is 2. The molecule has 0 amide bonds. The van der Waals surface area contributed by atoms with Gasteiger partial charge in [0.2, 0.25) is 0 Å². The van der Waals surface area contributed by atoms with Crippen LogP contribution >= 0.6 is 11.6 Å². The molecule has 18 heavy (non-hydrogen) atoms. The number of likely N-dealkylation sites (tertiary alicyclic amines) is 1. The van der Waals surface area contributed by atoms with Crippen LogP contribution in [0.3, 0.4) is 0 Å². The number of nitriles is 1. The van der Waals surface area contributed by atoms with E-state index in [-0.39, 0.29) is 0 Å². The minimum atomic E-state index is -0.557. The third-order valence-corrected chi connectivity index (χ3v) is 4.24. The maximum atomic E-state index is 9.76. The molecule has 0 N–H and O–H groups in total. The van der Waals surface area contributed by atoms with Gasteiger partial charge in [-0.05, 0) is 38.4 Å². The van der Waals surface area contributed by atoms with Gasteiger partial charge in [-0.3, -0.25) is 4.90 Å². The van der Waals surface area contributed by atoms with Crippen LogP contribution in [0.25, 0.3) is 0 Å². The molecule has 0 bridgehead atoms. The number of halogens is 1. The lowest BCUT2D eigenvalue weighted by Gasteiger charge is -2.41. The zero-order chi connectivity index (χ0) is 13.0. The van der Waals surface area contributed by atoms with Crippen molar-refractivity contribution in [1.82, 2.24) is 4.90 Å². The fourth-order valence-electron chi connectivity index (χ4n) is 2.87. The van der Waals surface area contributed by atoms with E-state index in [0.717, 1.165) is 25.1 Å². The molecule has 1 atom stereocenters. The average molecular weight is 263 g/mol. The Morgan fingerprint density at radius 2 is 1.94 bits per heavy atom. The fourth-order valence-corrected chi connectivity index (χ4v) is 3.16. The smallest absolute Gasteiger partial charge is 0.135 e. The lowest BCUT2D eigenvalue weighted by molar-refractivity contribution is 0.105. The first-order valence-electron chi connectivity index (χ1n) is 6.66. The van der Waals surface area contributed by atoms with Crippen LogP contribution in [0.4, 0.5) is 0 Å². The Morgan fingerprint density at radius 3 is 2.50 bits per heavy atom. The number of benzene rings is 1. The van der Waals surface area contributed by atoms with Gasteiger partial charge in [-0.1, -0.05) is 43.1 Å². The summed E-state index contributed by atoms with van der Waals surface area (Å²) in [6.07, 6.45) is 4.39. The van der Waals surface area contributed by atoms with E-state index in [4.69, 9.17) is 11.6 Å². The minimum Gasteiger partial charge on any atom is -0.282 e. The van der Waals surface area contributed by atoms with E-state index in [1.165, 1.54) is 19.3 Å². The Bertz CT molecular complexity index is 446. The summed E-state index contributed by atoms with van der Waals surface area (Å²) in [5.74, 6) is 0. The van der Waals surface area contributed by atoms with E-state index in [2.05, 4.69) is 17.9 Å².